The first-order valence-electron chi connectivity index (χ1n) is 14.9. The van der Waals surface area contributed by atoms with E-state index in [-0.39, 0.29) is 12.8 Å². The summed E-state index contributed by atoms with van der Waals surface area (Å²) in [4.78, 5) is 4.86. The van der Waals surface area contributed by atoms with Crippen molar-refractivity contribution in [3.05, 3.63) is 99.9 Å². The molecular weight excluding hydrogens is 542 g/mol. The molecule has 0 spiro atoms. The Kier molecular flexibility index (Phi) is 7.56. The number of tetrazole rings is 1. The molecule has 1 fully saturated rings. The van der Waals surface area contributed by atoms with Gasteiger partial charge in [-0.2, -0.15) is 0 Å². The number of hydrogen-bond donors (Lipinski definition) is 2. The zero-order valence-corrected chi connectivity index (χ0v) is 24.6. The van der Waals surface area contributed by atoms with Gasteiger partial charge in [-0.1, -0.05) is 36.4 Å². The number of anilines is 1. The van der Waals surface area contributed by atoms with Gasteiger partial charge >= 0.3 is 0 Å². The van der Waals surface area contributed by atoms with Gasteiger partial charge in [-0.15, -0.1) is 5.10 Å². The van der Waals surface area contributed by atoms with Crippen molar-refractivity contribution in [1.82, 2.24) is 30.0 Å². The molecule has 1 aromatic heterocycles. The Balaban J connectivity index is 1.16. The Morgan fingerprint density at radius 1 is 0.930 bits per heavy atom. The Labute approximate surface area is 251 Å². The molecule has 1 saturated heterocycles. The summed E-state index contributed by atoms with van der Waals surface area (Å²) in [5, 5.41) is 27.9. The Hall–Kier alpha value is -4.25. The maximum absolute atomic E-state index is 11.5. The molecule has 3 aliphatic heterocycles. The van der Waals surface area contributed by atoms with Crippen molar-refractivity contribution < 1.29 is 14.6 Å². The van der Waals surface area contributed by atoms with Gasteiger partial charge in [-0.3, -0.25) is 9.80 Å². The first-order chi connectivity index (χ1) is 21.0. The minimum absolute atomic E-state index is 0.282. The van der Waals surface area contributed by atoms with E-state index >= 15 is 0 Å². The van der Waals surface area contributed by atoms with E-state index in [0.29, 0.717) is 6.54 Å². The second-order valence-electron chi connectivity index (χ2n) is 11.6. The number of benzene rings is 3. The van der Waals surface area contributed by atoms with Crippen LogP contribution in [0.3, 0.4) is 0 Å². The molecule has 3 aliphatic rings. The highest BCUT2D eigenvalue weighted by Crippen LogP contribution is 2.38. The van der Waals surface area contributed by atoms with Gasteiger partial charge in [0.2, 0.25) is 6.79 Å². The van der Waals surface area contributed by atoms with Crippen molar-refractivity contribution in [2.75, 3.05) is 38.3 Å². The van der Waals surface area contributed by atoms with Crippen LogP contribution in [-0.4, -0.2) is 74.3 Å². The molecule has 3 aromatic carbocycles. The molecule has 0 radical (unpaired) electrons. The number of nitrogens with zero attached hydrogens (tertiary/aromatic N) is 6. The average Bonchev–Trinajstić information content (AvgIpc) is 3.68. The number of piperazine rings is 1. The lowest BCUT2D eigenvalue weighted by Gasteiger charge is -2.41. The Bertz CT molecular complexity index is 1630. The number of nitrogens with one attached hydrogen (secondary N) is 1. The summed E-state index contributed by atoms with van der Waals surface area (Å²) < 4.78 is 13.0. The molecular formula is C33H37N7O3. The maximum atomic E-state index is 11.5. The van der Waals surface area contributed by atoms with Crippen LogP contribution in [-0.2, 0) is 19.5 Å². The standard InChI is InChI=1S/C33H37N7O3/c1-22-16-26-19-27(33(41)34-28(26)17-23(22)2)31(32-35-36-37-40(32)11-10-24-6-4-3-5-7-24)39-14-12-38(13-15-39)20-25-8-9-29-30(18-25)43-21-42-29/h3-9,16-19,31,33-34,41H,10-15,20-21H2,1-2H3. The lowest BCUT2D eigenvalue weighted by atomic mass is 9.93. The highest BCUT2D eigenvalue weighted by molar-refractivity contribution is 5.75. The van der Waals surface area contributed by atoms with Gasteiger partial charge in [-0.25, -0.2) is 4.68 Å². The summed E-state index contributed by atoms with van der Waals surface area (Å²) in [5.41, 5.74) is 7.71. The zero-order chi connectivity index (χ0) is 29.3. The number of aryl methyl sites for hydroxylation is 4. The SMILES string of the molecule is Cc1cc2c(cc1C)NC(O)C(C(c1nnnn1CCc1ccccc1)N1CCN(Cc3ccc4c(c3)OCO4)CC1)=C2. The molecule has 0 saturated carbocycles. The molecule has 2 atom stereocenters. The van der Waals surface area contributed by atoms with Crippen LogP contribution in [0.1, 0.15) is 39.7 Å². The molecule has 43 heavy (non-hydrogen) atoms. The second kappa shape index (κ2) is 11.8. The smallest absolute Gasteiger partial charge is 0.231 e. The Morgan fingerprint density at radius 2 is 1.72 bits per heavy atom. The minimum Gasteiger partial charge on any atom is -0.454 e. The van der Waals surface area contributed by atoms with Gasteiger partial charge < -0.3 is 19.9 Å². The zero-order valence-electron chi connectivity index (χ0n) is 24.6. The van der Waals surface area contributed by atoms with Gasteiger partial charge in [0.15, 0.2) is 17.3 Å². The number of hydrogen-bond acceptors (Lipinski definition) is 9. The number of aromatic nitrogens is 4. The van der Waals surface area contributed by atoms with Crippen molar-refractivity contribution in [3.8, 4) is 11.5 Å². The molecule has 4 heterocycles. The van der Waals surface area contributed by atoms with Crippen molar-refractivity contribution in [2.45, 2.75) is 45.6 Å². The lowest BCUT2D eigenvalue weighted by molar-refractivity contribution is 0.0884. The van der Waals surface area contributed by atoms with E-state index < -0.39 is 6.23 Å². The first kappa shape index (κ1) is 27.6. The predicted octanol–water partition coefficient (Wildman–Crippen LogP) is 3.95. The fraction of sp³-hybridized carbons (Fsp3) is 0.364. The van der Waals surface area contributed by atoms with E-state index in [1.54, 1.807) is 0 Å². The molecule has 2 N–H and O–H groups in total. The molecule has 222 valence electrons. The van der Waals surface area contributed by atoms with Crippen molar-refractivity contribution >= 4 is 11.8 Å². The second-order valence-corrected chi connectivity index (χ2v) is 11.6. The molecule has 2 unspecified atom stereocenters. The molecule has 0 amide bonds. The summed E-state index contributed by atoms with van der Waals surface area (Å²) in [5.74, 6) is 2.37. The normalized spacial score (nSPS) is 19.0. The van der Waals surface area contributed by atoms with E-state index in [0.717, 1.165) is 73.3 Å². The van der Waals surface area contributed by atoms with Crippen molar-refractivity contribution in [2.24, 2.45) is 0 Å². The van der Waals surface area contributed by atoms with Gasteiger partial charge in [0, 0.05) is 50.5 Å². The quantitative estimate of drug-likeness (QED) is 0.321. The monoisotopic (exact) mass is 579 g/mol. The van der Waals surface area contributed by atoms with E-state index in [4.69, 9.17) is 9.47 Å². The van der Waals surface area contributed by atoms with Crippen LogP contribution in [0.15, 0.2) is 66.2 Å². The van der Waals surface area contributed by atoms with Crippen LogP contribution in [0.25, 0.3) is 6.08 Å². The van der Waals surface area contributed by atoms with Crippen LogP contribution in [0, 0.1) is 13.8 Å². The third-order valence-corrected chi connectivity index (χ3v) is 8.79. The van der Waals surface area contributed by atoms with E-state index in [1.807, 2.05) is 16.8 Å². The summed E-state index contributed by atoms with van der Waals surface area (Å²) in [6.07, 6.45) is 2.09. The van der Waals surface area contributed by atoms with Crippen molar-refractivity contribution in [3.63, 3.8) is 0 Å². The summed E-state index contributed by atoms with van der Waals surface area (Å²) in [6, 6.07) is 20.6. The van der Waals surface area contributed by atoms with Crippen LogP contribution in [0.2, 0.25) is 0 Å². The maximum Gasteiger partial charge on any atom is 0.231 e. The molecule has 0 bridgehead atoms. The minimum atomic E-state index is -0.856. The summed E-state index contributed by atoms with van der Waals surface area (Å²) in [6.45, 7) is 9.36. The third-order valence-electron chi connectivity index (χ3n) is 8.79. The van der Waals surface area contributed by atoms with E-state index in [9.17, 15) is 5.11 Å². The van der Waals surface area contributed by atoms with E-state index in [2.05, 4.69) is 99.1 Å². The first-order valence-corrected chi connectivity index (χ1v) is 14.9. The van der Waals surface area contributed by atoms with Crippen LogP contribution < -0.4 is 14.8 Å². The fourth-order valence-corrected chi connectivity index (χ4v) is 6.25. The molecule has 0 aliphatic carbocycles. The third kappa shape index (κ3) is 5.73. The van der Waals surface area contributed by atoms with E-state index in [1.165, 1.54) is 22.3 Å². The summed E-state index contributed by atoms with van der Waals surface area (Å²) >= 11 is 0. The highest BCUT2D eigenvalue weighted by atomic mass is 16.7. The molecule has 10 heteroatoms. The fourth-order valence-electron chi connectivity index (χ4n) is 6.25. The highest BCUT2D eigenvalue weighted by Gasteiger charge is 2.36. The van der Waals surface area contributed by atoms with Crippen LogP contribution in [0.4, 0.5) is 5.69 Å². The number of aliphatic hydroxyl groups is 1. The lowest BCUT2D eigenvalue weighted by Crippen LogP contribution is -2.49. The molecule has 7 rings (SSSR count). The van der Waals surface area contributed by atoms with Crippen molar-refractivity contribution in [1.29, 1.82) is 0 Å². The van der Waals surface area contributed by atoms with Crippen LogP contribution in [0.5, 0.6) is 11.5 Å². The number of aliphatic hydroxyl groups excluding tert-OH is 1. The summed E-state index contributed by atoms with van der Waals surface area (Å²) in [7, 11) is 0. The van der Waals surface area contributed by atoms with Crippen LogP contribution >= 0.6 is 0 Å². The van der Waals surface area contributed by atoms with Gasteiger partial charge in [-0.05, 0) is 88.9 Å². The van der Waals surface area contributed by atoms with Gasteiger partial charge in [0.1, 0.15) is 6.23 Å². The largest absolute Gasteiger partial charge is 0.454 e. The number of rotatable bonds is 8. The number of fused-ring (bicyclic) bond motifs is 2. The molecule has 4 aromatic rings. The average molecular weight is 580 g/mol. The van der Waals surface area contributed by atoms with Gasteiger partial charge in [0.05, 0.1) is 6.04 Å². The predicted molar refractivity (Wildman–Crippen MR) is 164 cm³/mol. The number of ether oxygens (including phenoxy) is 2. The van der Waals surface area contributed by atoms with Gasteiger partial charge in [0.25, 0.3) is 0 Å². The molecule has 10 nitrogen and oxygen atoms in total. The Morgan fingerprint density at radius 3 is 2.56 bits per heavy atom. The topological polar surface area (TPSA) is 101 Å².